The topological polar surface area (TPSA) is 41.7 Å². The molecule has 0 spiro atoms. The van der Waals surface area contributed by atoms with E-state index in [4.69, 9.17) is 10.5 Å². The van der Waals surface area contributed by atoms with Crippen molar-refractivity contribution in [2.75, 3.05) is 45.9 Å². The molecule has 2 atom stereocenters. The Balaban J connectivity index is 1.49. The van der Waals surface area contributed by atoms with Crippen LogP contribution in [0, 0.1) is 5.92 Å². The van der Waals surface area contributed by atoms with Gasteiger partial charge in [-0.2, -0.15) is 0 Å². The molecule has 134 valence electrons. The first-order valence-electron chi connectivity index (χ1n) is 9.51. The molecule has 0 saturated carbocycles. The van der Waals surface area contributed by atoms with Crippen molar-refractivity contribution in [1.82, 2.24) is 9.80 Å². The molecule has 2 aliphatic rings. The molecule has 2 N–H and O–H groups in total. The van der Waals surface area contributed by atoms with Crippen LogP contribution in [0.3, 0.4) is 0 Å². The highest BCUT2D eigenvalue weighted by molar-refractivity contribution is 5.87. The summed E-state index contributed by atoms with van der Waals surface area (Å²) in [6.45, 7) is 10.2. The van der Waals surface area contributed by atoms with Crippen LogP contribution in [0.25, 0.3) is 10.8 Å². The van der Waals surface area contributed by atoms with Gasteiger partial charge in [0.15, 0.2) is 0 Å². The van der Waals surface area contributed by atoms with Gasteiger partial charge < -0.3 is 10.5 Å². The summed E-state index contributed by atoms with van der Waals surface area (Å²) in [6, 6.07) is 13.6. The maximum absolute atomic E-state index is 6.17. The fraction of sp³-hybridized carbons (Fsp3) is 0.524. The minimum Gasteiger partial charge on any atom is -0.379 e. The van der Waals surface area contributed by atoms with Gasteiger partial charge in [0.2, 0.25) is 0 Å². The van der Waals surface area contributed by atoms with Gasteiger partial charge in [0.05, 0.1) is 13.2 Å². The molecule has 2 aromatic carbocycles. The number of ether oxygens (including phenoxy) is 1. The van der Waals surface area contributed by atoms with E-state index in [1.807, 2.05) is 0 Å². The lowest BCUT2D eigenvalue weighted by Gasteiger charge is -2.32. The van der Waals surface area contributed by atoms with Crippen LogP contribution >= 0.6 is 0 Å². The summed E-state index contributed by atoms with van der Waals surface area (Å²) in [7, 11) is 0. The van der Waals surface area contributed by atoms with Gasteiger partial charge in [-0.1, -0.05) is 43.3 Å². The molecule has 2 aromatic rings. The third-order valence-electron chi connectivity index (χ3n) is 5.68. The summed E-state index contributed by atoms with van der Waals surface area (Å²) in [5, 5.41) is 2.72. The van der Waals surface area contributed by atoms with E-state index >= 15 is 0 Å². The predicted octanol–water partition coefficient (Wildman–Crippen LogP) is 2.62. The van der Waals surface area contributed by atoms with E-state index in [-0.39, 0.29) is 0 Å². The van der Waals surface area contributed by atoms with Gasteiger partial charge in [-0.25, -0.2) is 0 Å². The lowest BCUT2D eigenvalue weighted by atomic mass is 9.98. The molecule has 0 amide bonds. The second-order valence-corrected chi connectivity index (χ2v) is 7.55. The minimum absolute atomic E-state index is 0.353. The van der Waals surface area contributed by atoms with Gasteiger partial charge in [0.1, 0.15) is 0 Å². The molecular formula is C21H29N3O. The van der Waals surface area contributed by atoms with Crippen molar-refractivity contribution in [1.29, 1.82) is 0 Å². The number of nitrogens with two attached hydrogens (primary N) is 1. The van der Waals surface area contributed by atoms with Crippen LogP contribution in [-0.2, 0) is 11.3 Å². The quantitative estimate of drug-likeness (QED) is 0.909. The lowest BCUT2D eigenvalue weighted by Crippen LogP contribution is -2.41. The molecule has 0 aromatic heterocycles. The largest absolute Gasteiger partial charge is 0.379 e. The Morgan fingerprint density at radius 2 is 1.92 bits per heavy atom. The van der Waals surface area contributed by atoms with Crippen LogP contribution in [-0.4, -0.2) is 55.7 Å². The molecule has 0 aliphatic carbocycles. The number of nitrogens with zero attached hydrogens (tertiary/aromatic N) is 2. The summed E-state index contributed by atoms with van der Waals surface area (Å²) in [6.07, 6.45) is 0. The van der Waals surface area contributed by atoms with Crippen LogP contribution in [0.2, 0.25) is 0 Å². The fourth-order valence-electron chi connectivity index (χ4n) is 4.50. The van der Waals surface area contributed by atoms with Crippen molar-refractivity contribution < 1.29 is 4.74 Å². The van der Waals surface area contributed by atoms with Crippen LogP contribution in [0.15, 0.2) is 36.4 Å². The zero-order valence-corrected chi connectivity index (χ0v) is 15.2. The van der Waals surface area contributed by atoms with Gasteiger partial charge in [0, 0.05) is 45.3 Å². The van der Waals surface area contributed by atoms with E-state index in [0.717, 1.165) is 45.9 Å². The molecule has 4 nitrogen and oxygen atoms in total. The van der Waals surface area contributed by atoms with Crippen LogP contribution in [0.5, 0.6) is 0 Å². The highest BCUT2D eigenvalue weighted by Gasteiger charge is 2.31. The van der Waals surface area contributed by atoms with Crippen molar-refractivity contribution in [3.63, 3.8) is 0 Å². The first-order valence-corrected chi connectivity index (χ1v) is 9.51. The van der Waals surface area contributed by atoms with Gasteiger partial charge >= 0.3 is 0 Å². The summed E-state index contributed by atoms with van der Waals surface area (Å²) >= 11 is 0. The van der Waals surface area contributed by atoms with Gasteiger partial charge in [-0.15, -0.1) is 0 Å². The first kappa shape index (κ1) is 17.0. The molecule has 1 saturated heterocycles. The normalized spacial score (nSPS) is 23.0. The van der Waals surface area contributed by atoms with Gasteiger partial charge in [0.25, 0.3) is 0 Å². The van der Waals surface area contributed by atoms with Crippen molar-refractivity contribution in [3.8, 4) is 0 Å². The number of hydrogen-bond donors (Lipinski definition) is 1. The summed E-state index contributed by atoms with van der Waals surface area (Å²) in [5.74, 6) is 0.632. The van der Waals surface area contributed by atoms with E-state index < -0.39 is 0 Å². The average Bonchev–Trinajstić information content (AvgIpc) is 2.99. The van der Waals surface area contributed by atoms with Crippen LogP contribution < -0.4 is 5.73 Å². The maximum Gasteiger partial charge on any atom is 0.0594 e. The molecule has 1 fully saturated rings. The SMILES string of the molecule is CC(CN1CCOCC1)CN1Cc2c(ccc3ccccc23)C1CN. The van der Waals surface area contributed by atoms with Crippen molar-refractivity contribution in [2.45, 2.75) is 19.5 Å². The molecule has 2 unspecified atom stereocenters. The third kappa shape index (κ3) is 3.44. The highest BCUT2D eigenvalue weighted by Crippen LogP contribution is 2.37. The van der Waals surface area contributed by atoms with Crippen LogP contribution in [0.4, 0.5) is 0 Å². The Labute approximate surface area is 150 Å². The molecule has 2 aliphatic heterocycles. The minimum atomic E-state index is 0.353. The zero-order chi connectivity index (χ0) is 17.2. The molecule has 2 heterocycles. The van der Waals surface area contributed by atoms with E-state index in [1.54, 1.807) is 0 Å². The van der Waals surface area contributed by atoms with Crippen molar-refractivity contribution >= 4 is 10.8 Å². The van der Waals surface area contributed by atoms with E-state index in [9.17, 15) is 0 Å². The first-order chi connectivity index (χ1) is 12.3. The number of hydrogen-bond acceptors (Lipinski definition) is 4. The second-order valence-electron chi connectivity index (χ2n) is 7.55. The van der Waals surface area contributed by atoms with E-state index in [1.165, 1.54) is 21.9 Å². The van der Waals surface area contributed by atoms with Crippen molar-refractivity contribution in [3.05, 3.63) is 47.5 Å². The summed E-state index contributed by atoms with van der Waals surface area (Å²) < 4.78 is 5.46. The molecule has 0 bridgehead atoms. The maximum atomic E-state index is 6.17. The second kappa shape index (κ2) is 7.42. The average molecular weight is 339 g/mol. The van der Waals surface area contributed by atoms with E-state index in [0.29, 0.717) is 18.5 Å². The molecule has 4 rings (SSSR count). The Hall–Kier alpha value is -1.46. The lowest BCUT2D eigenvalue weighted by molar-refractivity contribution is 0.0279. The van der Waals surface area contributed by atoms with Gasteiger partial charge in [-0.05, 0) is 27.8 Å². The van der Waals surface area contributed by atoms with Crippen molar-refractivity contribution in [2.24, 2.45) is 11.7 Å². The summed E-state index contributed by atoms with van der Waals surface area (Å²) in [4.78, 5) is 5.12. The number of rotatable bonds is 5. The molecule has 4 heteroatoms. The third-order valence-corrected chi connectivity index (χ3v) is 5.68. The highest BCUT2D eigenvalue weighted by atomic mass is 16.5. The monoisotopic (exact) mass is 339 g/mol. The Bertz CT molecular complexity index is 726. The smallest absolute Gasteiger partial charge is 0.0594 e. The number of morpholine rings is 1. The standard InChI is InChI=1S/C21H29N3O/c1-16(13-23-8-10-25-11-9-23)14-24-15-20-18-5-3-2-4-17(18)6-7-19(20)21(24)12-22/h2-7,16,21H,8-15,22H2,1H3. The predicted molar refractivity (Wildman–Crippen MR) is 103 cm³/mol. The molecular weight excluding hydrogens is 310 g/mol. The van der Waals surface area contributed by atoms with E-state index in [2.05, 4.69) is 53.1 Å². The Kier molecular flexibility index (Phi) is 5.04. The Morgan fingerprint density at radius 3 is 2.72 bits per heavy atom. The number of benzene rings is 2. The molecule has 25 heavy (non-hydrogen) atoms. The zero-order valence-electron chi connectivity index (χ0n) is 15.2. The van der Waals surface area contributed by atoms with Gasteiger partial charge in [-0.3, -0.25) is 9.80 Å². The number of fused-ring (bicyclic) bond motifs is 3. The molecule has 0 radical (unpaired) electrons. The summed E-state index contributed by atoms with van der Waals surface area (Å²) in [5.41, 5.74) is 9.08. The Morgan fingerprint density at radius 1 is 1.12 bits per heavy atom. The fourth-order valence-corrected chi connectivity index (χ4v) is 4.50. The van der Waals surface area contributed by atoms with Crippen LogP contribution in [0.1, 0.15) is 24.1 Å².